The van der Waals surface area contributed by atoms with E-state index in [0.717, 1.165) is 30.5 Å². The number of nitrogens with zero attached hydrogens (tertiary/aromatic N) is 3. The predicted octanol–water partition coefficient (Wildman–Crippen LogP) is 2.81. The Hall–Kier alpha value is -1.32. The van der Waals surface area contributed by atoms with Crippen molar-refractivity contribution < 1.29 is 0 Å². The summed E-state index contributed by atoms with van der Waals surface area (Å²) in [5.74, 6) is 1.79. The zero-order valence-corrected chi connectivity index (χ0v) is 12.0. The first-order chi connectivity index (χ1) is 8.50. The maximum Gasteiger partial charge on any atom is 0.227 e. The van der Waals surface area contributed by atoms with Crippen LogP contribution in [0.4, 0.5) is 11.8 Å². The number of rotatable bonds is 2. The maximum absolute atomic E-state index is 4.75. The summed E-state index contributed by atoms with van der Waals surface area (Å²) in [6.07, 6.45) is 3.82. The Balaban J connectivity index is 2.34. The van der Waals surface area contributed by atoms with Gasteiger partial charge in [0.05, 0.1) is 5.69 Å². The van der Waals surface area contributed by atoms with Crippen molar-refractivity contribution >= 4 is 11.8 Å². The Morgan fingerprint density at radius 3 is 2.33 bits per heavy atom. The number of anilines is 2. The SMILES string of the molecule is CNc1cc(C(C)(C)C)nc(N2CCCCC2)n1. The van der Waals surface area contributed by atoms with Crippen molar-refractivity contribution in [2.45, 2.75) is 45.4 Å². The minimum Gasteiger partial charge on any atom is -0.373 e. The van der Waals surface area contributed by atoms with Gasteiger partial charge in [-0.2, -0.15) is 4.98 Å². The van der Waals surface area contributed by atoms with Gasteiger partial charge in [-0.1, -0.05) is 20.8 Å². The van der Waals surface area contributed by atoms with Crippen LogP contribution in [0.2, 0.25) is 0 Å². The van der Waals surface area contributed by atoms with Gasteiger partial charge >= 0.3 is 0 Å². The number of hydrogen-bond acceptors (Lipinski definition) is 4. The van der Waals surface area contributed by atoms with Crippen molar-refractivity contribution in [2.75, 3.05) is 30.4 Å². The van der Waals surface area contributed by atoms with Gasteiger partial charge in [0.15, 0.2) is 0 Å². The van der Waals surface area contributed by atoms with E-state index in [1.54, 1.807) is 0 Å². The van der Waals surface area contributed by atoms with Crippen LogP contribution in [0.15, 0.2) is 6.07 Å². The van der Waals surface area contributed by atoms with Crippen LogP contribution < -0.4 is 10.2 Å². The fourth-order valence-electron chi connectivity index (χ4n) is 2.18. The van der Waals surface area contributed by atoms with Crippen molar-refractivity contribution in [3.8, 4) is 0 Å². The highest BCUT2D eigenvalue weighted by Gasteiger charge is 2.20. The molecule has 1 saturated heterocycles. The van der Waals surface area contributed by atoms with E-state index in [0.29, 0.717) is 0 Å². The minimum absolute atomic E-state index is 0.0546. The molecule has 0 aliphatic carbocycles. The molecule has 2 rings (SSSR count). The average Bonchev–Trinajstić information content (AvgIpc) is 2.38. The second kappa shape index (κ2) is 5.12. The Bertz CT molecular complexity index is 403. The molecular weight excluding hydrogens is 224 g/mol. The van der Waals surface area contributed by atoms with Gasteiger partial charge in [-0.3, -0.25) is 0 Å². The van der Waals surface area contributed by atoms with Crippen LogP contribution in [-0.4, -0.2) is 30.1 Å². The summed E-state index contributed by atoms with van der Waals surface area (Å²) in [5.41, 5.74) is 1.15. The van der Waals surface area contributed by atoms with E-state index in [1.807, 2.05) is 13.1 Å². The van der Waals surface area contributed by atoms with E-state index in [9.17, 15) is 0 Å². The predicted molar refractivity (Wildman–Crippen MR) is 76.3 cm³/mol. The zero-order chi connectivity index (χ0) is 13.2. The van der Waals surface area contributed by atoms with Crippen molar-refractivity contribution in [1.29, 1.82) is 0 Å². The molecule has 0 saturated carbocycles. The van der Waals surface area contributed by atoms with E-state index in [2.05, 4.69) is 36.0 Å². The topological polar surface area (TPSA) is 41.1 Å². The van der Waals surface area contributed by atoms with E-state index in [-0.39, 0.29) is 5.41 Å². The normalized spacial score (nSPS) is 16.8. The smallest absolute Gasteiger partial charge is 0.227 e. The van der Waals surface area contributed by atoms with E-state index >= 15 is 0 Å². The molecule has 1 N–H and O–H groups in total. The molecule has 0 bridgehead atoms. The van der Waals surface area contributed by atoms with Crippen LogP contribution in [0.25, 0.3) is 0 Å². The second-order valence-corrected chi connectivity index (χ2v) is 5.99. The molecule has 4 nitrogen and oxygen atoms in total. The summed E-state index contributed by atoms with van der Waals surface area (Å²) in [4.78, 5) is 11.6. The molecule has 0 unspecified atom stereocenters. The summed E-state index contributed by atoms with van der Waals surface area (Å²) in [6.45, 7) is 8.73. The van der Waals surface area contributed by atoms with E-state index in [4.69, 9.17) is 4.98 Å². The maximum atomic E-state index is 4.75. The number of hydrogen-bond donors (Lipinski definition) is 1. The fourth-order valence-corrected chi connectivity index (χ4v) is 2.18. The first-order valence-corrected chi connectivity index (χ1v) is 6.83. The monoisotopic (exact) mass is 248 g/mol. The molecule has 0 amide bonds. The van der Waals surface area contributed by atoms with Gasteiger partial charge in [0.2, 0.25) is 5.95 Å². The van der Waals surface area contributed by atoms with Gasteiger partial charge in [-0.05, 0) is 19.3 Å². The van der Waals surface area contributed by atoms with Crippen LogP contribution in [0, 0.1) is 0 Å². The molecule has 0 atom stereocenters. The highest BCUT2D eigenvalue weighted by atomic mass is 15.3. The van der Waals surface area contributed by atoms with Crippen LogP contribution in [0.3, 0.4) is 0 Å². The lowest BCUT2D eigenvalue weighted by atomic mass is 9.92. The summed E-state index contributed by atoms with van der Waals surface area (Å²) in [5, 5.41) is 3.14. The highest BCUT2D eigenvalue weighted by Crippen LogP contribution is 2.25. The van der Waals surface area contributed by atoms with Gasteiger partial charge in [0.25, 0.3) is 0 Å². The summed E-state index contributed by atoms with van der Waals surface area (Å²) in [6, 6.07) is 2.05. The standard InChI is InChI=1S/C14H24N4/c1-14(2,3)11-10-12(15-4)17-13(16-11)18-8-6-5-7-9-18/h10H,5-9H2,1-4H3,(H,15,16,17). The Labute approximate surface area is 110 Å². The molecule has 1 aliphatic heterocycles. The van der Waals surface area contributed by atoms with Crippen molar-refractivity contribution in [1.82, 2.24) is 9.97 Å². The molecule has 18 heavy (non-hydrogen) atoms. The summed E-state index contributed by atoms with van der Waals surface area (Å²) < 4.78 is 0. The summed E-state index contributed by atoms with van der Waals surface area (Å²) >= 11 is 0. The molecule has 2 heterocycles. The fraction of sp³-hybridized carbons (Fsp3) is 0.714. The minimum atomic E-state index is 0.0546. The summed E-state index contributed by atoms with van der Waals surface area (Å²) in [7, 11) is 1.91. The molecule has 0 radical (unpaired) electrons. The molecule has 1 aliphatic rings. The van der Waals surface area contributed by atoms with Crippen LogP contribution in [0.5, 0.6) is 0 Å². The molecular formula is C14H24N4. The van der Waals surface area contributed by atoms with Gasteiger partial charge in [0, 0.05) is 31.6 Å². The molecule has 0 aromatic carbocycles. The molecule has 4 heteroatoms. The van der Waals surface area contributed by atoms with E-state index in [1.165, 1.54) is 19.3 Å². The molecule has 0 spiro atoms. The lowest BCUT2D eigenvalue weighted by molar-refractivity contribution is 0.548. The lowest BCUT2D eigenvalue weighted by Gasteiger charge is -2.28. The van der Waals surface area contributed by atoms with Crippen LogP contribution in [0.1, 0.15) is 45.7 Å². The van der Waals surface area contributed by atoms with Crippen molar-refractivity contribution in [3.63, 3.8) is 0 Å². The molecule has 1 fully saturated rings. The first-order valence-electron chi connectivity index (χ1n) is 6.83. The quantitative estimate of drug-likeness (QED) is 0.874. The average molecular weight is 248 g/mol. The van der Waals surface area contributed by atoms with Gasteiger partial charge < -0.3 is 10.2 Å². The lowest BCUT2D eigenvalue weighted by Crippen LogP contribution is -2.32. The van der Waals surface area contributed by atoms with Crippen LogP contribution >= 0.6 is 0 Å². The third-order valence-corrected chi connectivity index (χ3v) is 3.38. The number of nitrogens with one attached hydrogen (secondary N) is 1. The van der Waals surface area contributed by atoms with Crippen molar-refractivity contribution in [2.24, 2.45) is 0 Å². The second-order valence-electron chi connectivity index (χ2n) is 5.99. The first kappa shape index (κ1) is 13.1. The number of piperidine rings is 1. The Morgan fingerprint density at radius 2 is 1.78 bits per heavy atom. The molecule has 100 valence electrons. The third kappa shape index (κ3) is 2.92. The molecule has 1 aromatic heterocycles. The third-order valence-electron chi connectivity index (χ3n) is 3.38. The Kier molecular flexibility index (Phi) is 3.73. The highest BCUT2D eigenvalue weighted by molar-refractivity contribution is 5.45. The van der Waals surface area contributed by atoms with Gasteiger partial charge in [-0.15, -0.1) is 0 Å². The van der Waals surface area contributed by atoms with Gasteiger partial charge in [-0.25, -0.2) is 4.98 Å². The van der Waals surface area contributed by atoms with Crippen molar-refractivity contribution in [3.05, 3.63) is 11.8 Å². The number of aromatic nitrogens is 2. The van der Waals surface area contributed by atoms with Gasteiger partial charge in [0.1, 0.15) is 5.82 Å². The van der Waals surface area contributed by atoms with E-state index < -0.39 is 0 Å². The van der Waals surface area contributed by atoms with Crippen LogP contribution in [-0.2, 0) is 5.41 Å². The molecule has 1 aromatic rings. The largest absolute Gasteiger partial charge is 0.373 e. The Morgan fingerprint density at radius 1 is 1.11 bits per heavy atom. The zero-order valence-electron chi connectivity index (χ0n) is 12.0.